The Labute approximate surface area is 159 Å². The van der Waals surface area contributed by atoms with Gasteiger partial charge in [0.1, 0.15) is 0 Å². The van der Waals surface area contributed by atoms with Crippen molar-refractivity contribution in [2.45, 2.75) is 32.2 Å². The van der Waals surface area contributed by atoms with E-state index in [1.165, 1.54) is 24.0 Å². The number of nitrogens with one attached hydrogen (secondary N) is 2. The number of hydrogen-bond acceptors (Lipinski definition) is 3. The minimum atomic E-state index is -0.0490. The number of hydrogen-bond donors (Lipinski definition) is 2. The third-order valence-corrected chi connectivity index (χ3v) is 5.42. The van der Waals surface area contributed by atoms with Gasteiger partial charge in [-0.2, -0.15) is 5.10 Å². The Morgan fingerprint density at radius 2 is 2.19 bits per heavy atom. The Morgan fingerprint density at radius 3 is 3.00 bits per heavy atom. The summed E-state index contributed by atoms with van der Waals surface area (Å²) >= 11 is 0. The van der Waals surface area contributed by atoms with Gasteiger partial charge in [0.05, 0.1) is 17.8 Å². The van der Waals surface area contributed by atoms with E-state index >= 15 is 0 Å². The summed E-state index contributed by atoms with van der Waals surface area (Å²) < 4.78 is 1.87. The molecule has 1 fully saturated rings. The number of rotatable bonds is 4. The number of carbonyl (C=O) groups is 1. The van der Waals surface area contributed by atoms with Crippen molar-refractivity contribution in [1.29, 1.82) is 0 Å². The lowest BCUT2D eigenvalue weighted by molar-refractivity contribution is 0.0950. The molecule has 1 aliphatic rings. The number of benzene rings is 2. The van der Waals surface area contributed by atoms with Crippen LogP contribution in [-0.2, 0) is 13.6 Å². The number of aryl methyl sites for hydroxylation is 2. The number of nitrogens with zero attached hydrogens (tertiary/aromatic N) is 2. The molecule has 0 aliphatic carbocycles. The summed E-state index contributed by atoms with van der Waals surface area (Å²) in [7, 11) is 1.94. The van der Waals surface area contributed by atoms with E-state index in [9.17, 15) is 4.79 Å². The van der Waals surface area contributed by atoms with E-state index in [-0.39, 0.29) is 5.91 Å². The number of amides is 1. The maximum atomic E-state index is 12.7. The summed E-state index contributed by atoms with van der Waals surface area (Å²) in [6.07, 6.45) is 2.37. The Morgan fingerprint density at radius 1 is 1.30 bits per heavy atom. The van der Waals surface area contributed by atoms with Gasteiger partial charge in [-0.25, -0.2) is 0 Å². The van der Waals surface area contributed by atoms with Crippen molar-refractivity contribution in [2.75, 3.05) is 13.1 Å². The minimum Gasteiger partial charge on any atom is -0.346 e. The molecule has 1 aromatic heterocycles. The minimum absolute atomic E-state index is 0.0490. The highest BCUT2D eigenvalue weighted by Crippen LogP contribution is 2.24. The van der Waals surface area contributed by atoms with Crippen LogP contribution in [0.2, 0.25) is 0 Å². The van der Waals surface area contributed by atoms with Gasteiger partial charge in [0.15, 0.2) is 0 Å². The van der Waals surface area contributed by atoms with Crippen molar-refractivity contribution in [3.05, 3.63) is 64.8 Å². The van der Waals surface area contributed by atoms with Crippen LogP contribution in [0.15, 0.2) is 42.5 Å². The molecule has 2 N–H and O–H groups in total. The van der Waals surface area contributed by atoms with E-state index in [4.69, 9.17) is 0 Å². The Balaban J connectivity index is 1.49. The first-order valence-corrected chi connectivity index (χ1v) is 9.63. The summed E-state index contributed by atoms with van der Waals surface area (Å²) in [6, 6.07) is 14.3. The van der Waals surface area contributed by atoms with Gasteiger partial charge in [0.2, 0.25) is 0 Å². The van der Waals surface area contributed by atoms with E-state index in [0.717, 1.165) is 35.2 Å². The highest BCUT2D eigenvalue weighted by Gasteiger charge is 2.17. The Kier molecular flexibility index (Phi) is 4.94. The van der Waals surface area contributed by atoms with Crippen LogP contribution in [0, 0.1) is 6.92 Å². The lowest BCUT2D eigenvalue weighted by Gasteiger charge is -2.23. The first-order chi connectivity index (χ1) is 13.1. The maximum absolute atomic E-state index is 12.7. The van der Waals surface area contributed by atoms with E-state index in [0.29, 0.717) is 12.5 Å². The average molecular weight is 362 g/mol. The third-order valence-electron chi connectivity index (χ3n) is 5.42. The van der Waals surface area contributed by atoms with Crippen LogP contribution in [0.4, 0.5) is 0 Å². The first kappa shape index (κ1) is 17.7. The molecule has 140 valence electrons. The first-order valence-electron chi connectivity index (χ1n) is 9.63. The molecule has 0 radical (unpaired) electrons. The van der Waals surface area contributed by atoms with Gasteiger partial charge in [0.25, 0.3) is 5.91 Å². The molecule has 0 bridgehead atoms. The molecule has 1 amide bonds. The van der Waals surface area contributed by atoms with Crippen molar-refractivity contribution in [3.63, 3.8) is 0 Å². The highest BCUT2D eigenvalue weighted by atomic mass is 16.1. The second-order valence-corrected chi connectivity index (χ2v) is 7.44. The van der Waals surface area contributed by atoms with Crippen LogP contribution in [0.1, 0.15) is 45.9 Å². The molecule has 0 spiro atoms. The van der Waals surface area contributed by atoms with Crippen molar-refractivity contribution in [2.24, 2.45) is 7.05 Å². The van der Waals surface area contributed by atoms with Crippen LogP contribution in [0.25, 0.3) is 10.9 Å². The zero-order valence-electron chi connectivity index (χ0n) is 16.0. The summed E-state index contributed by atoms with van der Waals surface area (Å²) in [5.41, 5.74) is 5.13. The Hall–Kier alpha value is -2.66. The van der Waals surface area contributed by atoms with Gasteiger partial charge in [-0.3, -0.25) is 9.48 Å². The summed E-state index contributed by atoms with van der Waals surface area (Å²) in [5.74, 6) is 0.446. The number of piperidine rings is 1. The molecule has 5 nitrogen and oxygen atoms in total. The normalized spacial score (nSPS) is 17.2. The van der Waals surface area contributed by atoms with Gasteiger partial charge >= 0.3 is 0 Å². The molecule has 27 heavy (non-hydrogen) atoms. The second kappa shape index (κ2) is 7.53. The SMILES string of the molecule is Cc1ccc2c(c1)c(CNC(=O)c1cccc([C@H]3CCCNC3)c1)nn2C. The average Bonchev–Trinajstić information content (AvgIpc) is 3.01. The molecule has 0 saturated carbocycles. The maximum Gasteiger partial charge on any atom is 0.251 e. The smallest absolute Gasteiger partial charge is 0.251 e. The molecule has 5 heteroatoms. The lowest BCUT2D eigenvalue weighted by atomic mass is 9.90. The van der Waals surface area contributed by atoms with Crippen LogP contribution in [-0.4, -0.2) is 28.8 Å². The van der Waals surface area contributed by atoms with Gasteiger partial charge in [-0.05, 0) is 62.1 Å². The highest BCUT2D eigenvalue weighted by molar-refractivity contribution is 5.94. The number of fused-ring (bicyclic) bond motifs is 1. The molecule has 0 unspecified atom stereocenters. The van der Waals surface area contributed by atoms with Gasteiger partial charge < -0.3 is 10.6 Å². The lowest BCUT2D eigenvalue weighted by Crippen LogP contribution is -2.28. The molecular formula is C22H26N4O. The molecule has 1 aliphatic heterocycles. The molecular weight excluding hydrogens is 336 g/mol. The van der Waals surface area contributed by atoms with Crippen LogP contribution >= 0.6 is 0 Å². The zero-order valence-corrected chi connectivity index (χ0v) is 16.0. The molecule has 3 aromatic rings. The van der Waals surface area contributed by atoms with Gasteiger partial charge in [-0.1, -0.05) is 23.8 Å². The monoisotopic (exact) mass is 362 g/mol. The zero-order chi connectivity index (χ0) is 18.8. The number of aromatic nitrogens is 2. The second-order valence-electron chi connectivity index (χ2n) is 7.44. The van der Waals surface area contributed by atoms with Crippen molar-refractivity contribution < 1.29 is 4.79 Å². The largest absolute Gasteiger partial charge is 0.346 e. The molecule has 2 heterocycles. The quantitative estimate of drug-likeness (QED) is 0.749. The van der Waals surface area contributed by atoms with E-state index in [1.807, 2.05) is 29.9 Å². The fourth-order valence-electron chi connectivity index (χ4n) is 3.92. The predicted molar refractivity (Wildman–Crippen MR) is 108 cm³/mol. The standard InChI is InChI=1S/C22H26N4O/c1-15-8-9-21-19(11-15)20(25-26(21)2)14-24-22(27)17-6-3-5-16(12-17)18-7-4-10-23-13-18/h3,5-6,8-9,11-12,18,23H,4,7,10,13-14H2,1-2H3,(H,24,27)/t18-/m0/s1. The topological polar surface area (TPSA) is 59.0 Å². The third kappa shape index (κ3) is 3.74. The molecule has 4 rings (SSSR count). The van der Waals surface area contributed by atoms with Gasteiger partial charge in [0, 0.05) is 24.5 Å². The summed E-state index contributed by atoms with van der Waals surface area (Å²) in [4.78, 5) is 12.7. The molecule has 2 aromatic carbocycles. The fraction of sp³-hybridized carbons (Fsp3) is 0.364. The summed E-state index contributed by atoms with van der Waals surface area (Å²) in [6.45, 7) is 4.58. The summed E-state index contributed by atoms with van der Waals surface area (Å²) in [5, 5.41) is 12.2. The van der Waals surface area contributed by atoms with Crippen LogP contribution < -0.4 is 10.6 Å². The van der Waals surface area contributed by atoms with Crippen molar-refractivity contribution in [1.82, 2.24) is 20.4 Å². The molecule has 1 atom stereocenters. The molecule has 1 saturated heterocycles. The van der Waals surface area contributed by atoms with Crippen molar-refractivity contribution >= 4 is 16.8 Å². The van der Waals surface area contributed by atoms with E-state index in [2.05, 4.69) is 46.9 Å². The predicted octanol–water partition coefficient (Wildman–Crippen LogP) is 3.28. The van der Waals surface area contributed by atoms with Gasteiger partial charge in [-0.15, -0.1) is 0 Å². The van der Waals surface area contributed by atoms with E-state index < -0.39 is 0 Å². The van der Waals surface area contributed by atoms with Crippen LogP contribution in [0.3, 0.4) is 0 Å². The van der Waals surface area contributed by atoms with Crippen molar-refractivity contribution in [3.8, 4) is 0 Å². The van der Waals surface area contributed by atoms with E-state index in [1.54, 1.807) is 0 Å². The fourth-order valence-corrected chi connectivity index (χ4v) is 3.92. The number of carbonyl (C=O) groups excluding carboxylic acids is 1. The Bertz CT molecular complexity index is 970. The van der Waals surface area contributed by atoms with Crippen LogP contribution in [0.5, 0.6) is 0 Å².